The van der Waals surface area contributed by atoms with Gasteiger partial charge in [0.05, 0.1) is 23.9 Å². The number of hydrazone groups is 1. The van der Waals surface area contributed by atoms with Crippen LogP contribution in [0.5, 0.6) is 11.5 Å². The lowest BCUT2D eigenvalue weighted by Gasteiger charge is -2.12. The third-order valence-electron chi connectivity index (χ3n) is 6.90. The molecule has 1 heterocycles. The fourth-order valence-corrected chi connectivity index (χ4v) is 5.16. The molecule has 0 aliphatic heterocycles. The summed E-state index contributed by atoms with van der Waals surface area (Å²) in [5.41, 5.74) is 6.26. The van der Waals surface area contributed by atoms with Crippen molar-refractivity contribution in [3.8, 4) is 22.6 Å². The number of ether oxygens (including phenoxy) is 2. The molecule has 1 amide bonds. The van der Waals surface area contributed by atoms with E-state index < -0.39 is 23.6 Å². The largest absolute Gasteiger partial charge is 0.490 e. The van der Waals surface area contributed by atoms with Crippen molar-refractivity contribution in [1.29, 1.82) is 0 Å². The van der Waals surface area contributed by atoms with E-state index in [1.165, 1.54) is 24.4 Å². The van der Waals surface area contributed by atoms with E-state index in [9.17, 15) is 22.8 Å². The lowest BCUT2D eigenvalue weighted by atomic mass is 9.99. The van der Waals surface area contributed by atoms with Gasteiger partial charge in [-0.15, -0.1) is 0 Å². The highest BCUT2D eigenvalue weighted by atomic mass is 35.5. The van der Waals surface area contributed by atoms with Crippen LogP contribution >= 0.6 is 11.6 Å². The van der Waals surface area contributed by atoms with Crippen LogP contribution in [-0.2, 0) is 6.18 Å². The van der Waals surface area contributed by atoms with E-state index in [-0.39, 0.29) is 29.4 Å². The Hall–Kier alpha value is -5.09. The molecule has 0 atom stereocenters. The van der Waals surface area contributed by atoms with E-state index in [4.69, 9.17) is 21.1 Å². The summed E-state index contributed by atoms with van der Waals surface area (Å²) in [5.74, 6) is -1.30. The molecule has 7 nitrogen and oxygen atoms in total. The standard InChI is InChI=1S/C34H27ClF3N3O4/c1-4-44-28-16-21(12-13-27(28)45-33(43)22-8-7-9-23(17-22)34(36,37)38)18-39-41-32(42)31-29(24-10-5-6-11-26(24)35)25-15-19(2)14-20(3)30(25)40-31/h5-18,40H,4H2,1-3H3,(H,41,42). The third kappa shape index (κ3) is 6.86. The number of esters is 1. The molecule has 0 unspecified atom stereocenters. The zero-order chi connectivity index (χ0) is 32.3. The Labute approximate surface area is 261 Å². The van der Waals surface area contributed by atoms with Crippen molar-refractivity contribution in [2.24, 2.45) is 5.10 Å². The van der Waals surface area contributed by atoms with Gasteiger partial charge in [-0.2, -0.15) is 18.3 Å². The maximum absolute atomic E-state index is 13.4. The summed E-state index contributed by atoms with van der Waals surface area (Å²) in [7, 11) is 0. The molecule has 230 valence electrons. The van der Waals surface area contributed by atoms with Crippen LogP contribution in [0, 0.1) is 13.8 Å². The van der Waals surface area contributed by atoms with Gasteiger partial charge in [0.1, 0.15) is 5.69 Å². The van der Waals surface area contributed by atoms with Crippen LogP contribution in [0.25, 0.3) is 22.0 Å². The number of aromatic amines is 1. The number of halogens is 4. The molecule has 4 aromatic carbocycles. The van der Waals surface area contributed by atoms with Crippen molar-refractivity contribution < 1.29 is 32.2 Å². The van der Waals surface area contributed by atoms with E-state index in [1.807, 2.05) is 44.2 Å². The SMILES string of the molecule is CCOc1cc(C=NNC(=O)c2[nH]c3c(C)cc(C)cc3c2-c2ccccc2Cl)ccc1OC(=O)c1cccc(C(F)(F)F)c1. The van der Waals surface area contributed by atoms with Gasteiger partial charge in [0.2, 0.25) is 0 Å². The average molecular weight is 634 g/mol. The zero-order valence-electron chi connectivity index (χ0n) is 24.4. The molecule has 0 aliphatic carbocycles. The summed E-state index contributed by atoms with van der Waals surface area (Å²) in [6, 6.07) is 19.7. The Balaban J connectivity index is 1.38. The van der Waals surface area contributed by atoms with Crippen LogP contribution in [0.15, 0.2) is 84.0 Å². The second-order valence-electron chi connectivity index (χ2n) is 10.2. The average Bonchev–Trinajstić information content (AvgIpc) is 3.38. The van der Waals surface area contributed by atoms with Crippen molar-refractivity contribution in [3.63, 3.8) is 0 Å². The van der Waals surface area contributed by atoms with Crippen molar-refractivity contribution >= 4 is 40.6 Å². The smallest absolute Gasteiger partial charge is 0.416 e. The highest BCUT2D eigenvalue weighted by molar-refractivity contribution is 6.34. The lowest BCUT2D eigenvalue weighted by molar-refractivity contribution is -0.137. The number of rotatable bonds is 8. The predicted octanol–water partition coefficient (Wildman–Crippen LogP) is 8.51. The van der Waals surface area contributed by atoms with Gasteiger partial charge >= 0.3 is 12.1 Å². The van der Waals surface area contributed by atoms with Crippen molar-refractivity contribution in [3.05, 3.63) is 117 Å². The maximum atomic E-state index is 13.4. The fraction of sp³-hybridized carbons (Fsp3) is 0.147. The fourth-order valence-electron chi connectivity index (χ4n) is 4.93. The highest BCUT2D eigenvalue weighted by Gasteiger charge is 2.31. The number of fused-ring (bicyclic) bond motifs is 1. The molecule has 5 rings (SSSR count). The number of alkyl halides is 3. The predicted molar refractivity (Wildman–Crippen MR) is 167 cm³/mol. The van der Waals surface area contributed by atoms with Crippen LogP contribution in [0.3, 0.4) is 0 Å². The Bertz CT molecular complexity index is 1950. The molecule has 0 radical (unpaired) electrons. The van der Waals surface area contributed by atoms with Crippen molar-refractivity contribution in [2.45, 2.75) is 26.9 Å². The Morgan fingerprint density at radius 1 is 0.978 bits per heavy atom. The van der Waals surface area contributed by atoms with Crippen LogP contribution in [0.4, 0.5) is 13.2 Å². The summed E-state index contributed by atoms with van der Waals surface area (Å²) >= 11 is 6.54. The summed E-state index contributed by atoms with van der Waals surface area (Å²) in [6.45, 7) is 5.88. The molecule has 1 aromatic heterocycles. The van der Waals surface area contributed by atoms with Crippen molar-refractivity contribution in [2.75, 3.05) is 6.61 Å². The number of benzene rings is 4. The number of hydrogen-bond acceptors (Lipinski definition) is 5. The molecule has 0 saturated heterocycles. The molecule has 0 aliphatic rings. The zero-order valence-corrected chi connectivity index (χ0v) is 25.1. The number of H-pyrrole nitrogens is 1. The quantitative estimate of drug-likeness (QED) is 0.0775. The summed E-state index contributed by atoms with van der Waals surface area (Å²) < 4.78 is 50.2. The number of hydrogen-bond donors (Lipinski definition) is 2. The Morgan fingerprint density at radius 2 is 1.76 bits per heavy atom. The second-order valence-corrected chi connectivity index (χ2v) is 10.6. The van der Waals surface area contributed by atoms with Gasteiger partial charge in [-0.3, -0.25) is 4.79 Å². The normalized spacial score (nSPS) is 11.6. The van der Waals surface area contributed by atoms with Gasteiger partial charge < -0.3 is 14.5 Å². The van der Waals surface area contributed by atoms with Crippen LogP contribution in [0.2, 0.25) is 5.02 Å². The molecule has 2 N–H and O–H groups in total. The van der Waals surface area contributed by atoms with Crippen LogP contribution in [-0.4, -0.2) is 29.7 Å². The van der Waals surface area contributed by atoms with Crippen molar-refractivity contribution in [1.82, 2.24) is 10.4 Å². The van der Waals surface area contributed by atoms with Gasteiger partial charge in [-0.1, -0.05) is 47.5 Å². The number of nitrogens with zero attached hydrogens (tertiary/aromatic N) is 1. The minimum absolute atomic E-state index is 0.00793. The van der Waals surface area contributed by atoms with Crippen LogP contribution in [0.1, 0.15) is 50.0 Å². The topological polar surface area (TPSA) is 92.8 Å². The van der Waals surface area contributed by atoms with Gasteiger partial charge in [0.25, 0.3) is 5.91 Å². The summed E-state index contributed by atoms with van der Waals surface area (Å²) in [6.07, 6.45) is -3.22. The summed E-state index contributed by atoms with van der Waals surface area (Å²) in [5, 5.41) is 5.46. The molecule has 5 aromatic rings. The van der Waals surface area contributed by atoms with Gasteiger partial charge in [-0.25, -0.2) is 10.2 Å². The monoisotopic (exact) mass is 633 g/mol. The molecule has 0 bridgehead atoms. The van der Waals surface area contributed by atoms with Crippen LogP contribution < -0.4 is 14.9 Å². The number of aryl methyl sites for hydroxylation is 2. The Kier molecular flexibility index (Phi) is 8.96. The molecular formula is C34H27ClF3N3O4. The maximum Gasteiger partial charge on any atom is 0.416 e. The van der Waals surface area contributed by atoms with E-state index >= 15 is 0 Å². The first-order valence-corrected chi connectivity index (χ1v) is 14.2. The number of carbonyl (C=O) groups excluding carboxylic acids is 2. The number of aromatic nitrogens is 1. The minimum atomic E-state index is -4.61. The van der Waals surface area contributed by atoms with E-state index in [2.05, 4.69) is 15.5 Å². The molecule has 11 heteroatoms. The molecular weight excluding hydrogens is 607 g/mol. The molecule has 0 saturated carbocycles. The first-order valence-electron chi connectivity index (χ1n) is 13.8. The summed E-state index contributed by atoms with van der Waals surface area (Å²) in [4.78, 5) is 29.3. The molecule has 0 spiro atoms. The van der Waals surface area contributed by atoms with Gasteiger partial charge in [0.15, 0.2) is 11.5 Å². The van der Waals surface area contributed by atoms with E-state index in [0.29, 0.717) is 21.7 Å². The Morgan fingerprint density at radius 3 is 2.49 bits per heavy atom. The van der Waals surface area contributed by atoms with Gasteiger partial charge in [-0.05, 0) is 80.4 Å². The molecule has 45 heavy (non-hydrogen) atoms. The minimum Gasteiger partial charge on any atom is -0.490 e. The lowest BCUT2D eigenvalue weighted by Crippen LogP contribution is -2.19. The first-order chi connectivity index (χ1) is 21.5. The first kappa shape index (κ1) is 31.3. The molecule has 0 fully saturated rings. The number of carbonyl (C=O) groups is 2. The van der Waals surface area contributed by atoms with E-state index in [0.717, 1.165) is 40.2 Å². The highest BCUT2D eigenvalue weighted by Crippen LogP contribution is 2.38. The number of nitrogens with one attached hydrogen (secondary N) is 2. The number of amides is 1. The van der Waals surface area contributed by atoms with Gasteiger partial charge in [0, 0.05) is 27.1 Å². The third-order valence-corrected chi connectivity index (χ3v) is 7.22. The second kappa shape index (κ2) is 12.9. The van der Waals surface area contributed by atoms with E-state index in [1.54, 1.807) is 19.1 Å².